The Kier molecular flexibility index (Phi) is 5.94. The van der Waals surface area contributed by atoms with Crippen molar-refractivity contribution >= 4 is 23.3 Å². The Bertz CT molecular complexity index is 771. The summed E-state index contributed by atoms with van der Waals surface area (Å²) in [5, 5.41) is 0.595. The first-order valence-corrected chi connectivity index (χ1v) is 9.21. The highest BCUT2D eigenvalue weighted by atomic mass is 35.5. The zero-order chi connectivity index (χ0) is 18.5. The van der Waals surface area contributed by atoms with Gasteiger partial charge in [-0.2, -0.15) is 0 Å². The smallest absolute Gasteiger partial charge is 0.260 e. The molecule has 3 rings (SSSR count). The Hall–Kier alpha value is -2.33. The van der Waals surface area contributed by atoms with Crippen LogP contribution in [0.15, 0.2) is 48.5 Å². The summed E-state index contributed by atoms with van der Waals surface area (Å²) in [5.41, 5.74) is 1.15. The van der Waals surface area contributed by atoms with Crippen LogP contribution in [0.5, 0.6) is 5.75 Å². The van der Waals surface area contributed by atoms with Gasteiger partial charge in [-0.05, 0) is 67.3 Å². The van der Waals surface area contributed by atoms with Crippen LogP contribution in [0.4, 0.5) is 0 Å². The molecule has 4 nitrogen and oxygen atoms in total. The molecule has 1 unspecified atom stereocenters. The van der Waals surface area contributed by atoms with Crippen molar-refractivity contribution in [2.75, 3.05) is 19.7 Å². The van der Waals surface area contributed by atoms with Crippen LogP contribution in [0.2, 0.25) is 5.02 Å². The normalized spacial score (nSPS) is 17.0. The maximum Gasteiger partial charge on any atom is 0.260 e. The Balaban J connectivity index is 1.56. The van der Waals surface area contributed by atoms with Gasteiger partial charge in [-0.3, -0.25) is 9.59 Å². The van der Waals surface area contributed by atoms with Crippen LogP contribution in [-0.4, -0.2) is 36.3 Å². The molecule has 0 saturated carbocycles. The fraction of sp³-hybridized carbons (Fsp3) is 0.333. The Labute approximate surface area is 158 Å². The van der Waals surface area contributed by atoms with Crippen LogP contribution in [0, 0.1) is 5.92 Å². The number of carbonyl (C=O) groups excluding carboxylic acids is 2. The summed E-state index contributed by atoms with van der Waals surface area (Å²) in [7, 11) is 0. The van der Waals surface area contributed by atoms with Gasteiger partial charge >= 0.3 is 0 Å². The SMILES string of the molecule is CC1CCCN(C(=O)COc2ccc(C(=O)c3ccc(Cl)cc3)cc2)C1. The molecule has 2 aromatic rings. The molecular formula is C21H22ClNO3. The van der Waals surface area contributed by atoms with Crippen LogP contribution in [-0.2, 0) is 4.79 Å². The number of hydrogen-bond acceptors (Lipinski definition) is 3. The first-order chi connectivity index (χ1) is 12.5. The molecule has 0 bridgehead atoms. The maximum absolute atomic E-state index is 12.4. The van der Waals surface area contributed by atoms with E-state index in [1.807, 2.05) is 4.90 Å². The molecule has 1 fully saturated rings. The topological polar surface area (TPSA) is 46.6 Å². The second-order valence-electron chi connectivity index (χ2n) is 6.74. The molecule has 2 aromatic carbocycles. The van der Waals surface area contributed by atoms with Crippen LogP contribution in [0.25, 0.3) is 0 Å². The number of hydrogen-bond donors (Lipinski definition) is 0. The molecule has 0 spiro atoms. The van der Waals surface area contributed by atoms with E-state index < -0.39 is 0 Å². The van der Waals surface area contributed by atoms with E-state index in [0.717, 1.165) is 19.5 Å². The number of rotatable bonds is 5. The number of benzene rings is 2. The van der Waals surface area contributed by atoms with Gasteiger partial charge in [-0.15, -0.1) is 0 Å². The molecule has 1 aliphatic heterocycles. The van der Waals surface area contributed by atoms with Crippen LogP contribution < -0.4 is 4.74 Å². The van der Waals surface area contributed by atoms with E-state index in [-0.39, 0.29) is 18.3 Å². The second kappa shape index (κ2) is 8.37. The lowest BCUT2D eigenvalue weighted by molar-refractivity contribution is -0.135. The van der Waals surface area contributed by atoms with E-state index in [4.69, 9.17) is 16.3 Å². The van der Waals surface area contributed by atoms with Crippen molar-refractivity contribution in [3.05, 3.63) is 64.7 Å². The largest absolute Gasteiger partial charge is 0.484 e. The van der Waals surface area contributed by atoms with Crippen LogP contribution in [0.1, 0.15) is 35.7 Å². The number of halogens is 1. The Morgan fingerprint density at radius 2 is 1.69 bits per heavy atom. The summed E-state index contributed by atoms with van der Waals surface area (Å²) in [6.45, 7) is 3.80. The van der Waals surface area contributed by atoms with Gasteiger partial charge in [0.2, 0.25) is 0 Å². The van der Waals surface area contributed by atoms with Gasteiger partial charge in [0, 0.05) is 29.2 Å². The Morgan fingerprint density at radius 1 is 1.08 bits per heavy atom. The number of piperidine rings is 1. The van der Waals surface area contributed by atoms with Gasteiger partial charge in [0.15, 0.2) is 12.4 Å². The van der Waals surface area contributed by atoms with Gasteiger partial charge in [0.05, 0.1) is 0 Å². The molecule has 1 saturated heterocycles. The number of amides is 1. The minimum absolute atomic E-state index is 0.0119. The van der Waals surface area contributed by atoms with Gasteiger partial charge in [0.25, 0.3) is 5.91 Å². The van der Waals surface area contributed by atoms with Crippen molar-refractivity contribution in [1.82, 2.24) is 4.90 Å². The summed E-state index contributed by atoms with van der Waals surface area (Å²) in [6, 6.07) is 13.6. The van der Waals surface area contributed by atoms with Crippen LogP contribution >= 0.6 is 11.6 Å². The number of carbonyl (C=O) groups is 2. The fourth-order valence-corrected chi connectivity index (χ4v) is 3.25. The minimum atomic E-state index is -0.0772. The average molecular weight is 372 g/mol. The third-order valence-corrected chi connectivity index (χ3v) is 4.85. The minimum Gasteiger partial charge on any atom is -0.484 e. The highest BCUT2D eigenvalue weighted by Crippen LogP contribution is 2.18. The molecule has 0 aliphatic carbocycles. The van der Waals surface area contributed by atoms with Gasteiger partial charge in [-0.25, -0.2) is 0 Å². The Morgan fingerprint density at radius 3 is 2.31 bits per heavy atom. The quantitative estimate of drug-likeness (QED) is 0.740. The molecule has 136 valence electrons. The van der Waals surface area contributed by atoms with Crippen molar-refractivity contribution in [2.24, 2.45) is 5.92 Å². The average Bonchev–Trinajstić information content (AvgIpc) is 2.66. The molecule has 1 heterocycles. The predicted octanol–water partition coefficient (Wildman–Crippen LogP) is 4.21. The molecule has 0 radical (unpaired) electrons. The fourth-order valence-electron chi connectivity index (χ4n) is 3.12. The summed E-state index contributed by atoms with van der Waals surface area (Å²) >= 11 is 5.85. The molecule has 1 amide bonds. The molecular weight excluding hydrogens is 350 g/mol. The van der Waals surface area contributed by atoms with E-state index in [0.29, 0.717) is 27.8 Å². The van der Waals surface area contributed by atoms with Crippen molar-refractivity contribution in [2.45, 2.75) is 19.8 Å². The lowest BCUT2D eigenvalue weighted by Gasteiger charge is -2.30. The van der Waals surface area contributed by atoms with E-state index >= 15 is 0 Å². The van der Waals surface area contributed by atoms with E-state index in [1.54, 1.807) is 48.5 Å². The third kappa shape index (κ3) is 4.64. The second-order valence-corrected chi connectivity index (χ2v) is 7.17. The maximum atomic E-state index is 12.4. The van der Waals surface area contributed by atoms with E-state index in [9.17, 15) is 9.59 Å². The lowest BCUT2D eigenvalue weighted by atomic mass is 10.0. The van der Waals surface area contributed by atoms with Gasteiger partial charge in [0.1, 0.15) is 5.75 Å². The van der Waals surface area contributed by atoms with Crippen molar-refractivity contribution in [3.63, 3.8) is 0 Å². The van der Waals surface area contributed by atoms with Crippen LogP contribution in [0.3, 0.4) is 0 Å². The van der Waals surface area contributed by atoms with Gasteiger partial charge < -0.3 is 9.64 Å². The van der Waals surface area contributed by atoms with E-state index in [2.05, 4.69) is 6.92 Å². The molecule has 0 N–H and O–H groups in total. The summed E-state index contributed by atoms with van der Waals surface area (Å²) in [5.74, 6) is 1.06. The first-order valence-electron chi connectivity index (χ1n) is 8.84. The highest BCUT2D eigenvalue weighted by molar-refractivity contribution is 6.30. The third-order valence-electron chi connectivity index (χ3n) is 4.59. The number of ketones is 1. The van der Waals surface area contributed by atoms with Crippen molar-refractivity contribution in [3.8, 4) is 5.75 Å². The number of likely N-dealkylation sites (tertiary alicyclic amines) is 1. The summed E-state index contributed by atoms with van der Waals surface area (Å²) < 4.78 is 5.59. The summed E-state index contributed by atoms with van der Waals surface area (Å²) in [6.07, 6.45) is 2.22. The molecule has 1 atom stereocenters. The molecule has 5 heteroatoms. The molecule has 0 aromatic heterocycles. The highest BCUT2D eigenvalue weighted by Gasteiger charge is 2.21. The van der Waals surface area contributed by atoms with E-state index in [1.165, 1.54) is 6.42 Å². The van der Waals surface area contributed by atoms with Crippen molar-refractivity contribution < 1.29 is 14.3 Å². The molecule has 26 heavy (non-hydrogen) atoms. The standard InChI is InChI=1S/C21H22ClNO3/c1-15-3-2-12-23(13-15)20(24)14-26-19-10-6-17(7-11-19)21(25)16-4-8-18(22)9-5-16/h4-11,15H,2-3,12-14H2,1H3. The zero-order valence-corrected chi connectivity index (χ0v) is 15.5. The molecule has 1 aliphatic rings. The summed E-state index contributed by atoms with van der Waals surface area (Å²) in [4.78, 5) is 26.5. The lowest BCUT2D eigenvalue weighted by Crippen LogP contribution is -2.41. The van der Waals surface area contributed by atoms with Gasteiger partial charge in [-0.1, -0.05) is 18.5 Å². The predicted molar refractivity (Wildman–Crippen MR) is 102 cm³/mol. The van der Waals surface area contributed by atoms with Crippen molar-refractivity contribution in [1.29, 1.82) is 0 Å². The number of nitrogens with zero attached hydrogens (tertiary/aromatic N) is 1. The monoisotopic (exact) mass is 371 g/mol. The number of ether oxygens (including phenoxy) is 1. The zero-order valence-electron chi connectivity index (χ0n) is 14.8. The first kappa shape index (κ1) is 18.5.